The lowest BCUT2D eigenvalue weighted by Crippen LogP contribution is -2.23. The molecule has 0 aromatic heterocycles. The van der Waals surface area contributed by atoms with Crippen molar-refractivity contribution in [1.29, 1.82) is 0 Å². The highest BCUT2D eigenvalue weighted by Gasteiger charge is 2.37. The van der Waals surface area contributed by atoms with E-state index in [1.54, 1.807) is 0 Å². The zero-order valence-corrected chi connectivity index (χ0v) is 11.7. The Morgan fingerprint density at radius 2 is 1.86 bits per heavy atom. The van der Waals surface area contributed by atoms with Gasteiger partial charge in [0.15, 0.2) is 5.78 Å². The van der Waals surface area contributed by atoms with E-state index in [4.69, 9.17) is 4.74 Å². The fourth-order valence-electron chi connectivity index (χ4n) is 2.00. The molecule has 1 unspecified atom stereocenters. The Kier molecular flexibility index (Phi) is 4.21. The predicted octanol–water partition coefficient (Wildman–Crippen LogP) is 4.10. The van der Waals surface area contributed by atoms with Gasteiger partial charge in [0.1, 0.15) is 12.4 Å². The van der Waals surface area contributed by atoms with Gasteiger partial charge >= 0.3 is 6.18 Å². The van der Waals surface area contributed by atoms with Crippen molar-refractivity contribution in [2.24, 2.45) is 5.92 Å². The molecule has 112 valence electrons. The highest BCUT2D eigenvalue weighted by Crippen LogP contribution is 2.33. The number of hydrogen-bond donors (Lipinski definition) is 0. The van der Waals surface area contributed by atoms with Crippen molar-refractivity contribution in [2.45, 2.75) is 26.6 Å². The van der Waals surface area contributed by atoms with Crippen LogP contribution < -0.4 is 0 Å². The third-order valence-corrected chi connectivity index (χ3v) is 3.43. The van der Waals surface area contributed by atoms with Crippen LogP contribution in [0.5, 0.6) is 0 Å². The van der Waals surface area contributed by atoms with Crippen molar-refractivity contribution in [3.8, 4) is 0 Å². The van der Waals surface area contributed by atoms with Gasteiger partial charge in [0.2, 0.25) is 0 Å². The van der Waals surface area contributed by atoms with E-state index in [0.29, 0.717) is 6.08 Å². The molecule has 0 N–H and O–H groups in total. The summed E-state index contributed by atoms with van der Waals surface area (Å²) in [6.07, 6.45) is -3.01. The first-order valence-electron chi connectivity index (χ1n) is 6.50. The van der Waals surface area contributed by atoms with E-state index in [0.717, 1.165) is 17.2 Å². The van der Waals surface area contributed by atoms with E-state index in [9.17, 15) is 18.0 Å². The molecule has 0 aliphatic heterocycles. The van der Waals surface area contributed by atoms with Crippen LogP contribution in [0.2, 0.25) is 0 Å². The third-order valence-electron chi connectivity index (χ3n) is 3.43. The van der Waals surface area contributed by atoms with Gasteiger partial charge in [0.25, 0.3) is 0 Å². The molecular formula is C16H15F3O2. The summed E-state index contributed by atoms with van der Waals surface area (Å²) < 4.78 is 43.6. The molecule has 0 radical (unpaired) electrons. The van der Waals surface area contributed by atoms with Crippen molar-refractivity contribution >= 4 is 5.78 Å². The van der Waals surface area contributed by atoms with Crippen LogP contribution in [-0.4, -0.2) is 12.0 Å². The highest BCUT2D eigenvalue weighted by molar-refractivity contribution is 5.95. The number of hydrogen-bond acceptors (Lipinski definition) is 2. The molecule has 1 atom stereocenters. The standard InChI is InChI=1S/C16H15F3O2/c1-10-5-3-4-6-12(10)9-21-15-8-13(16(17,18)19)7-14(20)11(15)2/h3-8,11H,9H2,1-2H3. The van der Waals surface area contributed by atoms with Gasteiger partial charge in [-0.05, 0) is 37.1 Å². The number of ketones is 1. The number of carbonyl (C=O) groups is 1. The molecule has 5 heteroatoms. The number of aryl methyl sites for hydroxylation is 1. The number of halogens is 3. The SMILES string of the molecule is Cc1ccccc1COC1=CC(C(F)(F)F)=CC(=O)C1C. The van der Waals surface area contributed by atoms with Crippen molar-refractivity contribution in [1.82, 2.24) is 0 Å². The Balaban J connectivity index is 2.18. The van der Waals surface area contributed by atoms with Crippen LogP contribution in [0.4, 0.5) is 13.2 Å². The molecule has 1 aliphatic rings. The molecule has 0 fully saturated rings. The van der Waals surface area contributed by atoms with E-state index in [1.807, 2.05) is 31.2 Å². The summed E-state index contributed by atoms with van der Waals surface area (Å²) in [5.74, 6) is -1.23. The summed E-state index contributed by atoms with van der Waals surface area (Å²) in [5, 5.41) is 0. The van der Waals surface area contributed by atoms with E-state index in [1.165, 1.54) is 6.92 Å². The lowest BCUT2D eigenvalue weighted by molar-refractivity contribution is -0.120. The van der Waals surface area contributed by atoms with Crippen LogP contribution in [0.3, 0.4) is 0 Å². The summed E-state index contributed by atoms with van der Waals surface area (Å²) >= 11 is 0. The quantitative estimate of drug-likeness (QED) is 0.839. The third kappa shape index (κ3) is 3.54. The average Bonchev–Trinajstić information content (AvgIpc) is 2.40. The molecule has 1 aromatic rings. The van der Waals surface area contributed by atoms with Gasteiger partial charge < -0.3 is 4.74 Å². The van der Waals surface area contributed by atoms with Crippen LogP contribution in [0, 0.1) is 12.8 Å². The molecule has 0 spiro atoms. The van der Waals surface area contributed by atoms with Crippen molar-refractivity contribution in [2.75, 3.05) is 0 Å². The van der Waals surface area contributed by atoms with Crippen molar-refractivity contribution in [3.05, 3.63) is 58.9 Å². The molecule has 0 saturated heterocycles. The normalized spacial score (nSPS) is 19.1. The fraction of sp³-hybridized carbons (Fsp3) is 0.312. The molecule has 1 aromatic carbocycles. The van der Waals surface area contributed by atoms with E-state index >= 15 is 0 Å². The largest absolute Gasteiger partial charge is 0.492 e. The number of alkyl halides is 3. The van der Waals surface area contributed by atoms with Gasteiger partial charge in [-0.2, -0.15) is 13.2 Å². The maximum atomic E-state index is 12.7. The van der Waals surface area contributed by atoms with Crippen LogP contribution in [0.1, 0.15) is 18.1 Å². The number of ether oxygens (including phenoxy) is 1. The minimum atomic E-state index is -4.55. The number of allylic oxidation sites excluding steroid dienone is 4. The van der Waals surface area contributed by atoms with Crippen molar-refractivity contribution < 1.29 is 22.7 Å². The first-order valence-corrected chi connectivity index (χ1v) is 6.50. The topological polar surface area (TPSA) is 26.3 Å². The minimum Gasteiger partial charge on any atom is -0.492 e. The predicted molar refractivity (Wildman–Crippen MR) is 72.4 cm³/mol. The van der Waals surface area contributed by atoms with Crippen LogP contribution >= 0.6 is 0 Å². The molecule has 21 heavy (non-hydrogen) atoms. The fourth-order valence-corrected chi connectivity index (χ4v) is 2.00. The number of benzene rings is 1. The second-order valence-corrected chi connectivity index (χ2v) is 4.98. The Labute approximate surface area is 120 Å². The van der Waals surface area contributed by atoms with E-state index < -0.39 is 23.5 Å². The minimum absolute atomic E-state index is 0.0538. The van der Waals surface area contributed by atoms with Gasteiger partial charge in [-0.25, -0.2) is 0 Å². The first-order chi connectivity index (χ1) is 9.79. The van der Waals surface area contributed by atoms with Gasteiger partial charge in [-0.1, -0.05) is 24.3 Å². The van der Waals surface area contributed by atoms with Gasteiger partial charge in [-0.15, -0.1) is 0 Å². The van der Waals surface area contributed by atoms with Crippen LogP contribution in [0.15, 0.2) is 47.7 Å². The summed E-state index contributed by atoms with van der Waals surface area (Å²) in [6, 6.07) is 7.43. The molecule has 0 saturated carbocycles. The second-order valence-electron chi connectivity index (χ2n) is 4.98. The van der Waals surface area contributed by atoms with Crippen LogP contribution in [-0.2, 0) is 16.1 Å². The molecule has 2 rings (SSSR count). The van der Waals surface area contributed by atoms with Gasteiger partial charge in [0.05, 0.1) is 11.5 Å². The maximum absolute atomic E-state index is 12.7. The summed E-state index contributed by atoms with van der Waals surface area (Å²) in [7, 11) is 0. The zero-order valence-electron chi connectivity index (χ0n) is 11.7. The lowest BCUT2D eigenvalue weighted by atomic mass is 9.94. The molecule has 2 nitrogen and oxygen atoms in total. The summed E-state index contributed by atoms with van der Waals surface area (Å²) in [5.41, 5.74) is 0.894. The average molecular weight is 296 g/mol. The highest BCUT2D eigenvalue weighted by atomic mass is 19.4. The van der Waals surface area contributed by atoms with E-state index in [-0.39, 0.29) is 12.4 Å². The van der Waals surface area contributed by atoms with E-state index in [2.05, 4.69) is 0 Å². The Hall–Kier alpha value is -2.04. The Bertz CT molecular complexity index is 612. The molecular weight excluding hydrogens is 281 g/mol. The summed E-state index contributed by atoms with van der Waals surface area (Å²) in [4.78, 5) is 11.6. The molecule has 0 bridgehead atoms. The van der Waals surface area contributed by atoms with Crippen molar-refractivity contribution in [3.63, 3.8) is 0 Å². The van der Waals surface area contributed by atoms with Crippen LogP contribution in [0.25, 0.3) is 0 Å². The molecule has 0 heterocycles. The Morgan fingerprint density at radius 3 is 2.48 bits per heavy atom. The Morgan fingerprint density at radius 1 is 1.19 bits per heavy atom. The van der Waals surface area contributed by atoms with Gasteiger partial charge in [-0.3, -0.25) is 4.79 Å². The maximum Gasteiger partial charge on any atom is 0.416 e. The molecule has 1 aliphatic carbocycles. The molecule has 0 amide bonds. The smallest absolute Gasteiger partial charge is 0.416 e. The number of carbonyl (C=O) groups excluding carboxylic acids is 1. The second kappa shape index (κ2) is 5.76. The zero-order chi connectivity index (χ0) is 15.6. The van der Waals surface area contributed by atoms with Gasteiger partial charge in [0, 0.05) is 0 Å². The lowest BCUT2D eigenvalue weighted by Gasteiger charge is -2.21. The monoisotopic (exact) mass is 296 g/mol. The first kappa shape index (κ1) is 15.4. The summed E-state index contributed by atoms with van der Waals surface area (Å²) in [6.45, 7) is 3.57. The number of rotatable bonds is 3.